The van der Waals surface area contributed by atoms with E-state index in [2.05, 4.69) is 0 Å². The number of hydrogen-bond acceptors (Lipinski definition) is 3. The molecular formula is C7H14O3. The van der Waals surface area contributed by atoms with E-state index in [1.807, 2.05) is 6.92 Å². The molecule has 1 N–H and O–H groups in total. The zero-order chi connectivity index (χ0) is 7.98. The molecular weight excluding hydrogens is 132 g/mol. The molecule has 0 heterocycles. The lowest BCUT2D eigenvalue weighted by molar-refractivity contribution is -0.137. The van der Waals surface area contributed by atoms with Gasteiger partial charge in [0.1, 0.15) is 6.29 Å². The summed E-state index contributed by atoms with van der Waals surface area (Å²) in [6, 6.07) is 0. The van der Waals surface area contributed by atoms with E-state index in [0.717, 1.165) is 6.29 Å². The summed E-state index contributed by atoms with van der Waals surface area (Å²) in [7, 11) is 0. The Morgan fingerprint density at radius 2 is 2.30 bits per heavy atom. The van der Waals surface area contributed by atoms with Gasteiger partial charge in [-0.15, -0.1) is 0 Å². The summed E-state index contributed by atoms with van der Waals surface area (Å²) in [6.45, 7) is 3.57. The minimum atomic E-state index is -0.727. The summed E-state index contributed by atoms with van der Waals surface area (Å²) >= 11 is 0. The van der Waals surface area contributed by atoms with Crippen LogP contribution in [-0.2, 0) is 9.53 Å². The Labute approximate surface area is 61.0 Å². The highest BCUT2D eigenvalue weighted by Crippen LogP contribution is 2.00. The minimum absolute atomic E-state index is 0.174. The van der Waals surface area contributed by atoms with Crippen LogP contribution in [0.25, 0.3) is 0 Å². The number of ether oxygens (including phenoxy) is 1. The lowest BCUT2D eigenvalue weighted by Gasteiger charge is -2.13. The van der Waals surface area contributed by atoms with E-state index in [1.165, 1.54) is 0 Å². The van der Waals surface area contributed by atoms with Crippen LogP contribution in [0.2, 0.25) is 0 Å². The van der Waals surface area contributed by atoms with E-state index >= 15 is 0 Å². The van der Waals surface area contributed by atoms with Crippen molar-refractivity contribution in [3.63, 3.8) is 0 Å². The van der Waals surface area contributed by atoms with Crippen LogP contribution in [0.1, 0.15) is 26.7 Å². The number of carbonyl (C=O) groups is 1. The molecule has 0 saturated heterocycles. The first-order valence-corrected chi connectivity index (χ1v) is 3.47. The second kappa shape index (κ2) is 5.38. The third-order valence-corrected chi connectivity index (χ3v) is 1.17. The number of aldehydes is 1. The normalized spacial score (nSPS) is 16.3. The summed E-state index contributed by atoms with van der Waals surface area (Å²) in [5, 5.41) is 8.92. The molecule has 0 aromatic rings. The fourth-order valence-electron chi connectivity index (χ4n) is 0.555. The molecule has 3 nitrogen and oxygen atoms in total. The fourth-order valence-corrected chi connectivity index (χ4v) is 0.555. The van der Waals surface area contributed by atoms with E-state index in [9.17, 15) is 4.79 Å². The van der Waals surface area contributed by atoms with Crippen molar-refractivity contribution >= 4 is 6.29 Å². The number of hydrogen-bond donors (Lipinski definition) is 1. The summed E-state index contributed by atoms with van der Waals surface area (Å²) in [4.78, 5) is 9.92. The molecule has 0 fully saturated rings. The Bertz CT molecular complexity index is 92.9. The summed E-state index contributed by atoms with van der Waals surface area (Å²) in [5.74, 6) is 0. The smallest absolute Gasteiger partial charge is 0.154 e. The zero-order valence-electron chi connectivity index (χ0n) is 6.41. The van der Waals surface area contributed by atoms with Crippen molar-refractivity contribution in [1.82, 2.24) is 0 Å². The van der Waals surface area contributed by atoms with Gasteiger partial charge in [-0.3, -0.25) is 0 Å². The highest BCUT2D eigenvalue weighted by molar-refractivity contribution is 5.49. The third kappa shape index (κ3) is 4.47. The van der Waals surface area contributed by atoms with Crippen LogP contribution in [0, 0.1) is 0 Å². The molecule has 10 heavy (non-hydrogen) atoms. The average Bonchev–Trinajstić information content (AvgIpc) is 1.88. The van der Waals surface area contributed by atoms with Crippen LogP contribution >= 0.6 is 0 Å². The molecule has 2 atom stereocenters. The summed E-state index contributed by atoms with van der Waals surface area (Å²) < 4.78 is 4.96. The molecule has 0 aliphatic carbocycles. The van der Waals surface area contributed by atoms with Crippen molar-refractivity contribution in [2.75, 3.05) is 0 Å². The van der Waals surface area contributed by atoms with Gasteiger partial charge in [0.2, 0.25) is 0 Å². The third-order valence-electron chi connectivity index (χ3n) is 1.17. The standard InChI is InChI=1S/C7H14O3/c1-3-7(9)10-6(2)4-5-8/h5-7,9H,3-4H2,1-2H3. The summed E-state index contributed by atoms with van der Waals surface area (Å²) in [6.07, 6.45) is 0.787. The molecule has 60 valence electrons. The molecule has 0 rings (SSSR count). The van der Waals surface area contributed by atoms with Crippen LogP contribution in [0.4, 0.5) is 0 Å². The molecule has 2 unspecified atom stereocenters. The van der Waals surface area contributed by atoms with Crippen molar-refractivity contribution in [2.24, 2.45) is 0 Å². The van der Waals surface area contributed by atoms with Crippen LogP contribution in [0.15, 0.2) is 0 Å². The lowest BCUT2D eigenvalue weighted by Crippen LogP contribution is -2.18. The molecule has 0 bridgehead atoms. The highest BCUT2D eigenvalue weighted by Gasteiger charge is 2.06. The van der Waals surface area contributed by atoms with Crippen LogP contribution in [0.3, 0.4) is 0 Å². The average molecular weight is 146 g/mol. The Morgan fingerprint density at radius 3 is 2.70 bits per heavy atom. The van der Waals surface area contributed by atoms with Crippen LogP contribution in [0.5, 0.6) is 0 Å². The van der Waals surface area contributed by atoms with Gasteiger partial charge in [0.25, 0.3) is 0 Å². The maximum absolute atomic E-state index is 9.92. The topological polar surface area (TPSA) is 46.5 Å². The molecule has 0 aromatic heterocycles. The quantitative estimate of drug-likeness (QED) is 0.459. The number of aliphatic hydroxyl groups is 1. The Hall–Kier alpha value is -0.410. The van der Waals surface area contributed by atoms with Gasteiger partial charge >= 0.3 is 0 Å². The number of rotatable bonds is 5. The molecule has 0 radical (unpaired) electrons. The maximum Gasteiger partial charge on any atom is 0.154 e. The number of carbonyl (C=O) groups excluding carboxylic acids is 1. The van der Waals surface area contributed by atoms with E-state index in [-0.39, 0.29) is 6.10 Å². The zero-order valence-corrected chi connectivity index (χ0v) is 6.41. The second-order valence-electron chi connectivity index (χ2n) is 2.21. The van der Waals surface area contributed by atoms with Gasteiger partial charge < -0.3 is 14.6 Å². The van der Waals surface area contributed by atoms with Gasteiger partial charge in [-0.25, -0.2) is 0 Å². The molecule has 3 heteroatoms. The van der Waals surface area contributed by atoms with Crippen molar-refractivity contribution in [2.45, 2.75) is 39.1 Å². The van der Waals surface area contributed by atoms with Crippen molar-refractivity contribution < 1.29 is 14.6 Å². The van der Waals surface area contributed by atoms with Crippen molar-refractivity contribution in [3.05, 3.63) is 0 Å². The maximum atomic E-state index is 9.92. The van der Waals surface area contributed by atoms with E-state index < -0.39 is 6.29 Å². The molecule has 0 saturated carbocycles. The van der Waals surface area contributed by atoms with Gasteiger partial charge in [-0.1, -0.05) is 6.92 Å². The fraction of sp³-hybridized carbons (Fsp3) is 0.857. The van der Waals surface area contributed by atoms with Gasteiger partial charge in [-0.2, -0.15) is 0 Å². The largest absolute Gasteiger partial charge is 0.368 e. The first-order valence-electron chi connectivity index (χ1n) is 3.47. The number of aliphatic hydroxyl groups excluding tert-OH is 1. The molecule has 0 aliphatic rings. The van der Waals surface area contributed by atoms with E-state index in [0.29, 0.717) is 12.8 Å². The van der Waals surface area contributed by atoms with Gasteiger partial charge in [0, 0.05) is 6.42 Å². The molecule has 0 aliphatic heterocycles. The van der Waals surface area contributed by atoms with Crippen LogP contribution < -0.4 is 0 Å². The highest BCUT2D eigenvalue weighted by atomic mass is 16.6. The Kier molecular flexibility index (Phi) is 5.16. The molecule has 0 amide bonds. The van der Waals surface area contributed by atoms with Gasteiger partial charge in [-0.05, 0) is 13.3 Å². The predicted octanol–water partition coefficient (Wildman–Crippen LogP) is 0.709. The summed E-state index contributed by atoms with van der Waals surface area (Å²) in [5.41, 5.74) is 0. The lowest BCUT2D eigenvalue weighted by atomic mass is 10.3. The Morgan fingerprint density at radius 1 is 1.70 bits per heavy atom. The van der Waals surface area contributed by atoms with E-state index in [1.54, 1.807) is 6.92 Å². The first kappa shape index (κ1) is 9.59. The van der Waals surface area contributed by atoms with Crippen molar-refractivity contribution in [3.8, 4) is 0 Å². The monoisotopic (exact) mass is 146 g/mol. The SMILES string of the molecule is CCC(O)OC(C)CC=O. The minimum Gasteiger partial charge on any atom is -0.368 e. The first-order chi connectivity index (χ1) is 4.70. The van der Waals surface area contributed by atoms with E-state index in [4.69, 9.17) is 9.84 Å². The predicted molar refractivity (Wildman–Crippen MR) is 37.5 cm³/mol. The van der Waals surface area contributed by atoms with Gasteiger partial charge in [0.05, 0.1) is 6.10 Å². The van der Waals surface area contributed by atoms with Crippen molar-refractivity contribution in [1.29, 1.82) is 0 Å². The van der Waals surface area contributed by atoms with Crippen LogP contribution in [-0.4, -0.2) is 23.8 Å². The molecule has 0 spiro atoms. The molecule has 0 aromatic carbocycles. The second-order valence-corrected chi connectivity index (χ2v) is 2.21. The van der Waals surface area contributed by atoms with Gasteiger partial charge in [0.15, 0.2) is 6.29 Å². The Balaban J connectivity index is 3.35.